The van der Waals surface area contributed by atoms with Crippen molar-refractivity contribution in [2.24, 2.45) is 16.5 Å². The highest BCUT2D eigenvalue weighted by molar-refractivity contribution is 5.76. The Bertz CT molecular complexity index is 1040. The molecule has 146 valence electrons. The van der Waals surface area contributed by atoms with Crippen LogP contribution in [-0.4, -0.2) is 33.6 Å². The van der Waals surface area contributed by atoms with E-state index < -0.39 is 0 Å². The van der Waals surface area contributed by atoms with E-state index in [0.717, 1.165) is 35.3 Å². The van der Waals surface area contributed by atoms with Crippen LogP contribution in [0.2, 0.25) is 0 Å². The first-order valence-corrected chi connectivity index (χ1v) is 9.08. The number of fused-ring (bicyclic) bond motifs is 1. The highest BCUT2D eigenvalue weighted by Gasteiger charge is 2.09. The zero-order valence-corrected chi connectivity index (χ0v) is 15.9. The molecule has 1 atom stereocenters. The normalized spacial score (nSPS) is 12.0. The second kappa shape index (κ2) is 8.53. The minimum absolute atomic E-state index is 0.00194. The van der Waals surface area contributed by atoms with Crippen LogP contribution in [0.4, 0.5) is 0 Å². The number of nitrogens with two attached hydrogens (primary N) is 2. The molecule has 0 unspecified atom stereocenters. The molecule has 28 heavy (non-hydrogen) atoms. The van der Waals surface area contributed by atoms with Crippen molar-refractivity contribution >= 4 is 17.0 Å². The summed E-state index contributed by atoms with van der Waals surface area (Å²) in [5, 5.41) is 4.30. The average Bonchev–Trinajstić information content (AvgIpc) is 3.03. The van der Waals surface area contributed by atoms with Crippen LogP contribution in [0.3, 0.4) is 0 Å². The van der Waals surface area contributed by atoms with E-state index in [-0.39, 0.29) is 17.7 Å². The summed E-state index contributed by atoms with van der Waals surface area (Å²) < 4.78 is 1.55. The molecule has 0 aliphatic rings. The maximum atomic E-state index is 12.3. The summed E-state index contributed by atoms with van der Waals surface area (Å²) in [7, 11) is 0. The Morgan fingerprint density at radius 1 is 1.39 bits per heavy atom. The van der Waals surface area contributed by atoms with Crippen LogP contribution in [-0.2, 0) is 0 Å². The van der Waals surface area contributed by atoms with Crippen LogP contribution >= 0.6 is 0 Å². The monoisotopic (exact) mass is 379 g/mol. The Labute approximate surface area is 163 Å². The first-order chi connectivity index (χ1) is 13.5. The molecule has 0 radical (unpaired) electrons. The van der Waals surface area contributed by atoms with E-state index in [1.165, 1.54) is 0 Å². The number of guanidine groups is 1. The molecule has 3 rings (SSSR count). The van der Waals surface area contributed by atoms with E-state index >= 15 is 0 Å². The van der Waals surface area contributed by atoms with Gasteiger partial charge in [0.05, 0.1) is 11.7 Å². The summed E-state index contributed by atoms with van der Waals surface area (Å²) in [4.78, 5) is 23.5. The second-order valence-electron chi connectivity index (χ2n) is 6.57. The first-order valence-electron chi connectivity index (χ1n) is 9.08. The summed E-state index contributed by atoms with van der Waals surface area (Å²) in [5.74, 6) is 0.105. The van der Waals surface area contributed by atoms with E-state index in [0.29, 0.717) is 12.2 Å². The minimum Gasteiger partial charge on any atom is -0.370 e. The van der Waals surface area contributed by atoms with E-state index in [2.05, 4.69) is 26.9 Å². The Kier molecular flexibility index (Phi) is 5.90. The Hall–Kier alpha value is -3.39. The Morgan fingerprint density at radius 3 is 2.82 bits per heavy atom. The van der Waals surface area contributed by atoms with E-state index in [1.54, 1.807) is 10.8 Å². The van der Waals surface area contributed by atoms with Gasteiger partial charge in [-0.25, -0.2) is 4.79 Å². The molecule has 2 heterocycles. The molecule has 1 aromatic carbocycles. The zero-order chi connectivity index (χ0) is 20.1. The molecule has 6 N–H and O–H groups in total. The third-order valence-corrected chi connectivity index (χ3v) is 4.40. The number of aryl methyl sites for hydroxylation is 1. The fourth-order valence-corrected chi connectivity index (χ4v) is 3.04. The maximum absolute atomic E-state index is 12.3. The van der Waals surface area contributed by atoms with Crippen LogP contribution in [0.25, 0.3) is 16.7 Å². The van der Waals surface area contributed by atoms with Crippen molar-refractivity contribution < 1.29 is 0 Å². The first kappa shape index (κ1) is 19.4. The predicted molar refractivity (Wildman–Crippen MR) is 113 cm³/mol. The van der Waals surface area contributed by atoms with Gasteiger partial charge in [0, 0.05) is 23.8 Å². The summed E-state index contributed by atoms with van der Waals surface area (Å²) in [5.41, 5.74) is 13.7. The molecular weight excluding hydrogens is 354 g/mol. The van der Waals surface area contributed by atoms with Gasteiger partial charge >= 0.3 is 5.69 Å². The summed E-state index contributed by atoms with van der Waals surface area (Å²) >= 11 is 0. The van der Waals surface area contributed by atoms with Crippen LogP contribution < -0.4 is 22.5 Å². The van der Waals surface area contributed by atoms with Gasteiger partial charge < -0.3 is 21.8 Å². The minimum atomic E-state index is -0.319. The molecule has 0 aliphatic carbocycles. The highest BCUT2D eigenvalue weighted by atomic mass is 16.1. The molecule has 0 amide bonds. The Balaban J connectivity index is 1.73. The van der Waals surface area contributed by atoms with Crippen LogP contribution in [0, 0.1) is 6.92 Å². The fourth-order valence-electron chi connectivity index (χ4n) is 3.04. The van der Waals surface area contributed by atoms with Crippen molar-refractivity contribution in [3.8, 4) is 5.69 Å². The van der Waals surface area contributed by atoms with Gasteiger partial charge in [0.15, 0.2) is 5.96 Å². The van der Waals surface area contributed by atoms with Crippen LogP contribution in [0.5, 0.6) is 0 Å². The third kappa shape index (κ3) is 4.47. The van der Waals surface area contributed by atoms with Crippen molar-refractivity contribution in [1.82, 2.24) is 19.9 Å². The summed E-state index contributed by atoms with van der Waals surface area (Å²) in [6.45, 7) is 7.16. The molecule has 0 fully saturated rings. The van der Waals surface area contributed by atoms with Crippen molar-refractivity contribution in [1.29, 1.82) is 0 Å². The lowest BCUT2D eigenvalue weighted by Gasteiger charge is -2.15. The van der Waals surface area contributed by atoms with Gasteiger partial charge in [0.25, 0.3) is 0 Å². The smallest absolute Gasteiger partial charge is 0.354 e. The molecule has 0 aliphatic heterocycles. The SMILES string of the molecule is C=C[C@@H](NCCCN=C(N)N)c1ccc(-n2cc3cc(C)[nH]c3nc2=O)cc1. The zero-order valence-electron chi connectivity index (χ0n) is 15.9. The average molecular weight is 379 g/mol. The topological polar surface area (TPSA) is 127 Å². The number of H-pyrrole nitrogens is 1. The number of benzene rings is 1. The molecule has 0 bridgehead atoms. The number of nitrogens with zero attached hydrogens (tertiary/aromatic N) is 3. The van der Waals surface area contributed by atoms with Crippen LogP contribution in [0.1, 0.15) is 23.7 Å². The molecule has 2 aromatic heterocycles. The molecule has 3 aromatic rings. The van der Waals surface area contributed by atoms with Gasteiger partial charge in [-0.05, 0) is 43.7 Å². The number of rotatable bonds is 8. The molecule has 0 saturated carbocycles. The van der Waals surface area contributed by atoms with Gasteiger partial charge in [0.2, 0.25) is 0 Å². The quantitative estimate of drug-likeness (QED) is 0.204. The number of aromatic nitrogens is 3. The predicted octanol–water partition coefficient (Wildman–Crippen LogP) is 1.50. The third-order valence-electron chi connectivity index (χ3n) is 4.40. The highest BCUT2D eigenvalue weighted by Crippen LogP contribution is 2.18. The summed E-state index contributed by atoms with van der Waals surface area (Å²) in [6, 6.07) is 9.72. The van der Waals surface area contributed by atoms with Gasteiger partial charge in [0.1, 0.15) is 5.65 Å². The van der Waals surface area contributed by atoms with E-state index in [9.17, 15) is 4.79 Å². The van der Waals surface area contributed by atoms with Gasteiger partial charge in [-0.2, -0.15) is 4.98 Å². The standard InChI is InChI=1S/C20H25N7O/c1-3-17(23-9-4-10-24-19(21)22)14-5-7-16(8-6-14)27-12-15-11-13(2)25-18(15)26-20(27)28/h3,5-8,11-12,17,23H,1,4,9-10H2,2H3,(H4,21,22,24)(H,25,26,28)/t17-/m1/s1. The number of nitrogens with one attached hydrogen (secondary N) is 2. The fraction of sp³-hybridized carbons (Fsp3) is 0.250. The van der Waals surface area contributed by atoms with Crippen molar-refractivity contribution in [2.75, 3.05) is 13.1 Å². The number of hydrogen-bond donors (Lipinski definition) is 4. The number of hydrogen-bond acceptors (Lipinski definition) is 4. The molecule has 0 saturated heterocycles. The Morgan fingerprint density at radius 2 is 2.14 bits per heavy atom. The molecule has 8 nitrogen and oxygen atoms in total. The van der Waals surface area contributed by atoms with E-state index in [4.69, 9.17) is 11.5 Å². The largest absolute Gasteiger partial charge is 0.370 e. The molecular formula is C20H25N7O. The van der Waals surface area contributed by atoms with Crippen molar-refractivity contribution in [3.63, 3.8) is 0 Å². The van der Waals surface area contributed by atoms with Gasteiger partial charge in [-0.1, -0.05) is 18.2 Å². The second-order valence-corrected chi connectivity index (χ2v) is 6.57. The van der Waals surface area contributed by atoms with E-state index in [1.807, 2.05) is 43.3 Å². The molecule has 8 heteroatoms. The molecule has 0 spiro atoms. The number of aliphatic imine (C=N–C) groups is 1. The van der Waals surface area contributed by atoms with Crippen molar-refractivity contribution in [2.45, 2.75) is 19.4 Å². The lowest BCUT2D eigenvalue weighted by molar-refractivity contribution is 0.601. The lowest BCUT2D eigenvalue weighted by Crippen LogP contribution is -2.24. The maximum Gasteiger partial charge on any atom is 0.354 e. The van der Waals surface area contributed by atoms with Gasteiger partial charge in [-0.15, -0.1) is 6.58 Å². The number of aromatic amines is 1. The van der Waals surface area contributed by atoms with Crippen LogP contribution in [0.15, 0.2) is 59.0 Å². The van der Waals surface area contributed by atoms with Gasteiger partial charge in [-0.3, -0.25) is 9.56 Å². The van der Waals surface area contributed by atoms with Crippen molar-refractivity contribution in [3.05, 3.63) is 70.9 Å². The summed E-state index contributed by atoms with van der Waals surface area (Å²) in [6.07, 6.45) is 4.46. The lowest BCUT2D eigenvalue weighted by atomic mass is 10.1.